The molecule has 0 saturated carbocycles. The first kappa shape index (κ1) is 47.0. The molecule has 0 aromatic heterocycles. The van der Waals surface area contributed by atoms with E-state index in [1.54, 1.807) is 0 Å². The Balaban J connectivity index is 0.830. The maximum Gasteiger partial charge on any atom is 0.187 e. The van der Waals surface area contributed by atoms with Crippen LogP contribution in [0.5, 0.6) is 0 Å². The van der Waals surface area contributed by atoms with Gasteiger partial charge in [-0.05, 0) is 0 Å². The molecule has 6 bridgehead atoms. The van der Waals surface area contributed by atoms with E-state index in [0.29, 0.717) is 0 Å². The first-order valence-electron chi connectivity index (χ1n) is 20.9. The fourth-order valence-electron chi connectivity index (χ4n) is 9.57. The molecule has 0 aliphatic carbocycles. The van der Waals surface area contributed by atoms with Crippen LogP contribution < -0.4 is 0 Å². The van der Waals surface area contributed by atoms with Crippen LogP contribution in [0.4, 0.5) is 0 Å². The largest absolute Gasteiger partial charge is 0.394 e. The van der Waals surface area contributed by atoms with Crippen molar-refractivity contribution < 1.29 is 133 Å². The molecule has 362 valence electrons. The van der Waals surface area contributed by atoms with Crippen LogP contribution in [0.3, 0.4) is 0 Å². The molecular weight excluding hydrogens is 864 g/mol. The molecule has 27 heteroatoms. The Bertz CT molecular complexity index is 1520. The molecule has 0 amide bonds. The van der Waals surface area contributed by atoms with Gasteiger partial charge in [-0.3, -0.25) is 0 Å². The van der Waals surface area contributed by atoms with Gasteiger partial charge < -0.3 is 133 Å². The van der Waals surface area contributed by atoms with Crippen LogP contribution in [0.2, 0.25) is 0 Å². The summed E-state index contributed by atoms with van der Waals surface area (Å²) < 4.78 is 80.5. The molecule has 9 saturated heterocycles. The van der Waals surface area contributed by atoms with Crippen LogP contribution in [0.25, 0.3) is 0 Å². The molecule has 63 heavy (non-hydrogen) atoms. The van der Waals surface area contributed by atoms with E-state index >= 15 is 0 Å². The normalized spacial score (nSPS) is 56.8. The van der Waals surface area contributed by atoms with Crippen molar-refractivity contribution in [3.63, 3.8) is 0 Å². The third-order valence-corrected chi connectivity index (χ3v) is 13.1. The summed E-state index contributed by atoms with van der Waals surface area (Å²) in [6.45, 7) is -2.74. The molecule has 0 aromatic rings. The Morgan fingerprint density at radius 2 is 0.683 bits per heavy atom. The van der Waals surface area contributed by atoms with Gasteiger partial charge in [-0.25, -0.2) is 0 Å². The number of ether oxygens (including phenoxy) is 14. The van der Waals surface area contributed by atoms with Gasteiger partial charge in [0.05, 0.1) is 46.2 Å². The van der Waals surface area contributed by atoms with E-state index in [-0.39, 0.29) is 26.4 Å². The highest BCUT2D eigenvalue weighted by Crippen LogP contribution is 2.40. The molecule has 0 unspecified atom stereocenters. The van der Waals surface area contributed by atoms with Crippen LogP contribution >= 0.6 is 0 Å². The topological polar surface area (TPSA) is 392 Å². The second-order valence-electron chi connectivity index (χ2n) is 17.0. The standard InChI is InChI=1S/C36H56O27/c37-1-9-15(41)24(8(40)4-50-9)59-35-22(48)30-25(13(57-35)6-52-30)60-34-21(47)29(17(43)11(3-39)55-34)63-36-23(49)31-26(14(58-36)7-53-31)61-33-20(46)28(16(42)10(2-38)54-33)62-32-19(45)27-18(44)12(56-32)5-51-27/h8-49H,1-7H2/t8-,9+,10+,11+,12-,13-,14-,15-,16-,17-,18+,19-,20+,21+,22-,23-,24+,25+,26+,27+,28-,29-,30-,31-,32-,33-,34-,35-,36-/m0/s1. The summed E-state index contributed by atoms with van der Waals surface area (Å²) in [6, 6.07) is 0. The fraction of sp³-hybridized carbons (Fsp3) is 1.00. The summed E-state index contributed by atoms with van der Waals surface area (Å²) in [5.41, 5.74) is 0. The van der Waals surface area contributed by atoms with E-state index < -0.39 is 198 Å². The first-order chi connectivity index (χ1) is 30.2. The van der Waals surface area contributed by atoms with Crippen molar-refractivity contribution >= 4 is 0 Å². The Kier molecular flexibility index (Phi) is 14.3. The minimum Gasteiger partial charge on any atom is -0.394 e. The predicted molar refractivity (Wildman–Crippen MR) is 188 cm³/mol. The maximum atomic E-state index is 11.5. The molecule has 0 radical (unpaired) electrons. The Morgan fingerprint density at radius 3 is 1.16 bits per heavy atom. The van der Waals surface area contributed by atoms with E-state index in [2.05, 4.69) is 0 Å². The van der Waals surface area contributed by atoms with Gasteiger partial charge >= 0.3 is 0 Å². The Hall–Kier alpha value is -1.08. The summed E-state index contributed by atoms with van der Waals surface area (Å²) in [5.74, 6) is 0. The highest BCUT2D eigenvalue weighted by atomic mass is 16.8. The molecule has 29 atom stereocenters. The van der Waals surface area contributed by atoms with Crippen molar-refractivity contribution in [2.45, 2.75) is 178 Å². The van der Waals surface area contributed by atoms with Crippen LogP contribution in [-0.4, -0.2) is 291 Å². The third-order valence-electron chi connectivity index (χ3n) is 13.1. The zero-order valence-corrected chi connectivity index (χ0v) is 33.2. The summed E-state index contributed by atoms with van der Waals surface area (Å²) >= 11 is 0. The molecule has 0 spiro atoms. The van der Waals surface area contributed by atoms with Gasteiger partial charge in [-0.15, -0.1) is 0 Å². The van der Waals surface area contributed by atoms with Gasteiger partial charge in [0.25, 0.3) is 0 Å². The minimum atomic E-state index is -1.85. The Labute approximate surface area is 356 Å². The number of hydrogen-bond donors (Lipinski definition) is 13. The van der Waals surface area contributed by atoms with Crippen molar-refractivity contribution in [3.05, 3.63) is 0 Å². The van der Waals surface area contributed by atoms with Crippen LogP contribution in [0, 0.1) is 0 Å². The van der Waals surface area contributed by atoms with Crippen molar-refractivity contribution in [1.29, 1.82) is 0 Å². The monoisotopic (exact) mass is 920 g/mol. The van der Waals surface area contributed by atoms with Gasteiger partial charge in [0.2, 0.25) is 0 Å². The molecule has 9 aliphatic rings. The van der Waals surface area contributed by atoms with E-state index in [9.17, 15) is 66.4 Å². The van der Waals surface area contributed by atoms with E-state index in [1.807, 2.05) is 0 Å². The number of aliphatic hydroxyl groups is 13. The SMILES string of the molecule is OC[C@H]1O[C@@H](O[C@H]2[C@H]3OC[C@@H]2O[C@@H](O[C@H]2[C@@H](O)[C@@H](CO)O[C@@H](O[C@H]4[C@H]5OC[C@@H]4O[C@@H](O[C@H]4[C@@H](O)[C@@H](CO)OC[C@@H]4O)[C@H]5O)[C@@H]2O)[C@H]3O)[C@H](O)[C@@H](O[C@@H]2O[C@H]3CO[C@@H]([C@@H]2O)[C@@H]3O)[C@H]1O. The summed E-state index contributed by atoms with van der Waals surface area (Å²) in [4.78, 5) is 0. The van der Waals surface area contributed by atoms with Crippen LogP contribution in [0.1, 0.15) is 0 Å². The van der Waals surface area contributed by atoms with Gasteiger partial charge in [0, 0.05) is 0 Å². The lowest BCUT2D eigenvalue weighted by Gasteiger charge is -2.48. The Morgan fingerprint density at radius 1 is 0.317 bits per heavy atom. The van der Waals surface area contributed by atoms with E-state index in [4.69, 9.17) is 66.3 Å². The average molecular weight is 921 g/mol. The first-order valence-corrected chi connectivity index (χ1v) is 20.9. The quantitative estimate of drug-likeness (QED) is 0.0816. The molecule has 9 rings (SSSR count). The van der Waals surface area contributed by atoms with Crippen molar-refractivity contribution in [1.82, 2.24) is 0 Å². The van der Waals surface area contributed by atoms with Crippen molar-refractivity contribution in [2.75, 3.05) is 46.2 Å². The predicted octanol–water partition coefficient (Wildman–Crippen LogP) is -10.3. The average Bonchev–Trinajstić information content (AvgIpc) is 3.86. The molecular formula is C36H56O27. The second-order valence-corrected chi connectivity index (χ2v) is 17.0. The van der Waals surface area contributed by atoms with Gasteiger partial charge in [0.15, 0.2) is 31.5 Å². The van der Waals surface area contributed by atoms with Gasteiger partial charge in [0.1, 0.15) is 146 Å². The molecule has 27 nitrogen and oxygen atoms in total. The lowest BCUT2D eigenvalue weighted by molar-refractivity contribution is -0.379. The molecule has 0 aromatic carbocycles. The van der Waals surface area contributed by atoms with Gasteiger partial charge in [-0.1, -0.05) is 0 Å². The third kappa shape index (κ3) is 8.59. The molecule has 9 aliphatic heterocycles. The molecule has 9 heterocycles. The summed E-state index contributed by atoms with van der Waals surface area (Å²) in [7, 11) is 0. The second kappa shape index (κ2) is 19.1. The number of fused-ring (bicyclic) bond motifs is 6. The lowest BCUT2D eigenvalue weighted by Crippen LogP contribution is -2.66. The van der Waals surface area contributed by atoms with Gasteiger partial charge in [-0.2, -0.15) is 0 Å². The highest BCUT2D eigenvalue weighted by Gasteiger charge is 2.60. The number of hydrogen-bond acceptors (Lipinski definition) is 27. The lowest BCUT2D eigenvalue weighted by atomic mass is 9.96. The summed E-state index contributed by atoms with van der Waals surface area (Å²) in [5, 5.41) is 139. The van der Waals surface area contributed by atoms with E-state index in [0.717, 1.165) is 0 Å². The van der Waals surface area contributed by atoms with Crippen molar-refractivity contribution in [3.8, 4) is 0 Å². The number of rotatable bonds is 13. The minimum absolute atomic E-state index is 0.0340. The number of aliphatic hydroxyl groups excluding tert-OH is 13. The smallest absolute Gasteiger partial charge is 0.187 e. The van der Waals surface area contributed by atoms with Crippen molar-refractivity contribution in [2.24, 2.45) is 0 Å². The molecule has 13 N–H and O–H groups in total. The summed E-state index contributed by atoms with van der Waals surface area (Å²) in [6.07, 6.45) is -40.7. The maximum absolute atomic E-state index is 11.5. The van der Waals surface area contributed by atoms with Crippen LogP contribution in [0.15, 0.2) is 0 Å². The zero-order chi connectivity index (χ0) is 44.6. The van der Waals surface area contributed by atoms with Crippen LogP contribution in [-0.2, 0) is 66.3 Å². The van der Waals surface area contributed by atoms with E-state index in [1.165, 1.54) is 0 Å². The fourth-order valence-corrected chi connectivity index (χ4v) is 9.57. The highest BCUT2D eigenvalue weighted by molar-refractivity contribution is 5.03. The zero-order valence-electron chi connectivity index (χ0n) is 33.2. The molecule has 9 fully saturated rings.